The molecule has 0 saturated heterocycles. The Balaban J connectivity index is 1.72. The van der Waals surface area contributed by atoms with E-state index in [1.54, 1.807) is 25.1 Å². The number of nitrogens with one attached hydrogen (secondary N) is 1. The first-order chi connectivity index (χ1) is 13.0. The summed E-state index contributed by atoms with van der Waals surface area (Å²) in [6, 6.07) is 8.93. The monoisotopic (exact) mass is 384 g/mol. The summed E-state index contributed by atoms with van der Waals surface area (Å²) in [6.07, 6.45) is 1.50. The standard InChI is InChI=1S/C18H13FN4O3S/c1-10-20-16-17(27-10)15(13-6-3-7-26-13)22-23(18(16)25)9-14(24)21-12-5-2-4-11(19)8-12/h2-8H,9H2,1H3,(H,21,24). The number of rotatable bonds is 4. The maximum atomic E-state index is 13.3. The highest BCUT2D eigenvalue weighted by Gasteiger charge is 2.19. The number of hydrogen-bond acceptors (Lipinski definition) is 6. The number of aryl methyl sites for hydroxylation is 1. The number of furan rings is 1. The van der Waals surface area contributed by atoms with Gasteiger partial charge < -0.3 is 9.73 Å². The molecule has 7 nitrogen and oxygen atoms in total. The van der Waals surface area contributed by atoms with Gasteiger partial charge in [-0.3, -0.25) is 9.59 Å². The Hall–Kier alpha value is -3.33. The first kappa shape index (κ1) is 17.1. The molecule has 4 rings (SSSR count). The Labute approximate surface area is 156 Å². The number of aromatic nitrogens is 3. The molecular weight excluding hydrogens is 371 g/mol. The minimum Gasteiger partial charge on any atom is -0.463 e. The molecule has 0 saturated carbocycles. The van der Waals surface area contributed by atoms with Crippen molar-refractivity contribution in [2.24, 2.45) is 0 Å². The van der Waals surface area contributed by atoms with Gasteiger partial charge in [0.15, 0.2) is 11.3 Å². The van der Waals surface area contributed by atoms with E-state index >= 15 is 0 Å². The maximum absolute atomic E-state index is 13.3. The van der Waals surface area contributed by atoms with Crippen molar-refractivity contribution in [3.63, 3.8) is 0 Å². The first-order valence-corrected chi connectivity index (χ1v) is 8.80. The van der Waals surface area contributed by atoms with Gasteiger partial charge in [-0.1, -0.05) is 6.07 Å². The molecule has 9 heteroatoms. The van der Waals surface area contributed by atoms with E-state index in [0.29, 0.717) is 26.8 Å². The van der Waals surface area contributed by atoms with Crippen molar-refractivity contribution >= 4 is 33.1 Å². The predicted molar refractivity (Wildman–Crippen MR) is 99.1 cm³/mol. The van der Waals surface area contributed by atoms with Crippen LogP contribution < -0.4 is 10.9 Å². The molecule has 1 N–H and O–H groups in total. The average Bonchev–Trinajstić information content (AvgIpc) is 3.27. The molecule has 0 atom stereocenters. The van der Waals surface area contributed by atoms with Crippen molar-refractivity contribution < 1.29 is 13.6 Å². The van der Waals surface area contributed by atoms with Gasteiger partial charge in [-0.25, -0.2) is 14.1 Å². The highest BCUT2D eigenvalue weighted by atomic mass is 32.1. The quantitative estimate of drug-likeness (QED) is 0.584. The van der Waals surface area contributed by atoms with E-state index in [0.717, 1.165) is 4.68 Å². The summed E-state index contributed by atoms with van der Waals surface area (Å²) in [5, 5.41) is 7.55. The van der Waals surface area contributed by atoms with Gasteiger partial charge in [0, 0.05) is 5.69 Å². The molecule has 1 amide bonds. The van der Waals surface area contributed by atoms with Gasteiger partial charge in [0.25, 0.3) is 5.56 Å². The minimum absolute atomic E-state index is 0.234. The molecule has 0 radical (unpaired) electrons. The molecule has 0 aliphatic carbocycles. The normalized spacial score (nSPS) is 11.0. The van der Waals surface area contributed by atoms with Crippen molar-refractivity contribution in [3.05, 3.63) is 63.8 Å². The Morgan fingerprint density at radius 1 is 1.33 bits per heavy atom. The fourth-order valence-electron chi connectivity index (χ4n) is 2.65. The molecule has 0 aliphatic heterocycles. The Kier molecular flexibility index (Phi) is 4.28. The van der Waals surface area contributed by atoms with Crippen LogP contribution in [0.2, 0.25) is 0 Å². The third-order valence-electron chi connectivity index (χ3n) is 3.76. The maximum Gasteiger partial charge on any atom is 0.294 e. The minimum atomic E-state index is -0.508. The van der Waals surface area contributed by atoms with Crippen LogP contribution in [0, 0.1) is 12.7 Å². The number of carbonyl (C=O) groups is 1. The molecule has 27 heavy (non-hydrogen) atoms. The predicted octanol–water partition coefficient (Wildman–Crippen LogP) is 3.20. The van der Waals surface area contributed by atoms with Gasteiger partial charge in [0.1, 0.15) is 18.1 Å². The lowest BCUT2D eigenvalue weighted by atomic mass is 10.3. The molecule has 0 aliphatic rings. The molecule has 3 aromatic heterocycles. The molecule has 0 bridgehead atoms. The Morgan fingerprint density at radius 3 is 2.93 bits per heavy atom. The molecule has 4 aromatic rings. The van der Waals surface area contributed by atoms with E-state index in [4.69, 9.17) is 4.42 Å². The molecule has 0 unspecified atom stereocenters. The second kappa shape index (κ2) is 6.76. The molecule has 136 valence electrons. The molecule has 3 heterocycles. The summed E-state index contributed by atoms with van der Waals surface area (Å²) in [6.45, 7) is 1.45. The summed E-state index contributed by atoms with van der Waals surface area (Å²) in [4.78, 5) is 29.3. The Morgan fingerprint density at radius 2 is 2.19 bits per heavy atom. The second-order valence-electron chi connectivity index (χ2n) is 5.76. The summed E-state index contributed by atoms with van der Waals surface area (Å²) < 4.78 is 20.3. The molecular formula is C18H13FN4O3S. The lowest BCUT2D eigenvalue weighted by molar-refractivity contribution is -0.117. The zero-order valence-electron chi connectivity index (χ0n) is 14.1. The van der Waals surface area contributed by atoms with Gasteiger partial charge >= 0.3 is 0 Å². The highest BCUT2D eigenvalue weighted by molar-refractivity contribution is 7.19. The van der Waals surface area contributed by atoms with Crippen LogP contribution in [-0.4, -0.2) is 20.7 Å². The lowest BCUT2D eigenvalue weighted by Gasteiger charge is -2.08. The summed E-state index contributed by atoms with van der Waals surface area (Å²) in [5.74, 6) is -0.502. The van der Waals surface area contributed by atoms with E-state index in [9.17, 15) is 14.0 Å². The average molecular weight is 384 g/mol. The third-order valence-corrected chi connectivity index (χ3v) is 4.74. The van der Waals surface area contributed by atoms with Gasteiger partial charge in [0.05, 0.1) is 16.0 Å². The van der Waals surface area contributed by atoms with Crippen LogP contribution >= 0.6 is 11.3 Å². The van der Waals surface area contributed by atoms with Crippen LogP contribution in [-0.2, 0) is 11.3 Å². The van der Waals surface area contributed by atoms with E-state index in [1.165, 1.54) is 35.8 Å². The van der Waals surface area contributed by atoms with Crippen LogP contribution in [0.3, 0.4) is 0 Å². The van der Waals surface area contributed by atoms with Gasteiger partial charge in [-0.05, 0) is 37.3 Å². The number of benzene rings is 1. The zero-order valence-corrected chi connectivity index (χ0v) is 14.9. The molecule has 0 spiro atoms. The number of anilines is 1. The number of amides is 1. The molecule has 0 fully saturated rings. The van der Waals surface area contributed by atoms with Crippen LogP contribution in [0.25, 0.3) is 21.7 Å². The van der Waals surface area contributed by atoms with Gasteiger partial charge in [-0.2, -0.15) is 5.10 Å². The topological polar surface area (TPSA) is 90.0 Å². The fraction of sp³-hybridized carbons (Fsp3) is 0.111. The van der Waals surface area contributed by atoms with Crippen LogP contribution in [0.15, 0.2) is 51.9 Å². The third kappa shape index (κ3) is 3.36. The Bertz CT molecular complexity index is 1200. The highest BCUT2D eigenvalue weighted by Crippen LogP contribution is 2.29. The number of hydrogen-bond donors (Lipinski definition) is 1. The van der Waals surface area contributed by atoms with Crippen LogP contribution in [0.5, 0.6) is 0 Å². The number of thiazole rings is 1. The van der Waals surface area contributed by atoms with Crippen molar-refractivity contribution in [1.82, 2.24) is 14.8 Å². The summed E-state index contributed by atoms with van der Waals surface area (Å²) in [7, 11) is 0. The number of halogens is 1. The van der Waals surface area contributed by atoms with Crippen LogP contribution in [0.4, 0.5) is 10.1 Å². The van der Waals surface area contributed by atoms with E-state index in [1.807, 2.05) is 0 Å². The number of fused-ring (bicyclic) bond motifs is 1. The van der Waals surface area contributed by atoms with E-state index in [-0.39, 0.29) is 12.1 Å². The van der Waals surface area contributed by atoms with E-state index in [2.05, 4.69) is 15.4 Å². The zero-order chi connectivity index (χ0) is 19.0. The van der Waals surface area contributed by atoms with Gasteiger partial charge in [-0.15, -0.1) is 11.3 Å². The van der Waals surface area contributed by atoms with Crippen molar-refractivity contribution in [2.75, 3.05) is 5.32 Å². The SMILES string of the molecule is Cc1nc2c(=O)n(CC(=O)Nc3cccc(F)c3)nc(-c3ccco3)c2s1. The number of carbonyl (C=O) groups excluding carboxylic acids is 1. The van der Waals surface area contributed by atoms with Crippen LogP contribution in [0.1, 0.15) is 5.01 Å². The van der Waals surface area contributed by atoms with Crippen molar-refractivity contribution in [1.29, 1.82) is 0 Å². The number of nitrogens with zero attached hydrogens (tertiary/aromatic N) is 3. The van der Waals surface area contributed by atoms with Crippen molar-refractivity contribution in [3.8, 4) is 11.5 Å². The summed E-state index contributed by atoms with van der Waals surface area (Å²) in [5.41, 5.74) is 0.500. The fourth-order valence-corrected chi connectivity index (χ4v) is 3.55. The van der Waals surface area contributed by atoms with E-state index < -0.39 is 17.3 Å². The van der Waals surface area contributed by atoms with Crippen molar-refractivity contribution in [2.45, 2.75) is 13.5 Å². The molecule has 1 aromatic carbocycles. The largest absolute Gasteiger partial charge is 0.463 e. The summed E-state index contributed by atoms with van der Waals surface area (Å²) >= 11 is 1.33. The lowest BCUT2D eigenvalue weighted by Crippen LogP contribution is -2.30. The second-order valence-corrected chi connectivity index (χ2v) is 6.96. The van der Waals surface area contributed by atoms with Gasteiger partial charge in [0.2, 0.25) is 5.91 Å². The first-order valence-electron chi connectivity index (χ1n) is 7.99. The smallest absolute Gasteiger partial charge is 0.294 e.